The van der Waals surface area contributed by atoms with Gasteiger partial charge in [-0.15, -0.1) is 0 Å². The van der Waals surface area contributed by atoms with Crippen molar-refractivity contribution in [1.29, 1.82) is 0 Å². The number of nitrogens with zero attached hydrogens (tertiary/aromatic N) is 5. The van der Waals surface area contributed by atoms with E-state index in [9.17, 15) is 14.3 Å². The lowest BCUT2D eigenvalue weighted by Crippen LogP contribution is -2.42. The third-order valence-corrected chi connectivity index (χ3v) is 6.83. The van der Waals surface area contributed by atoms with Gasteiger partial charge in [0.2, 0.25) is 0 Å². The van der Waals surface area contributed by atoms with Crippen LogP contribution in [0.4, 0.5) is 10.2 Å². The van der Waals surface area contributed by atoms with E-state index in [-0.39, 0.29) is 31.4 Å². The smallest absolute Gasteiger partial charge is 0.257 e. The summed E-state index contributed by atoms with van der Waals surface area (Å²) in [5.41, 5.74) is 2.80. The van der Waals surface area contributed by atoms with Crippen molar-refractivity contribution in [2.75, 3.05) is 38.8 Å². The molecule has 2 aromatic rings. The number of carbonyl (C=O) groups is 1. The standard InChI is InChI=1S/C24H26FN7O4/c1-26-21-7-17(29-23-15(9-28-32(21)23)24(34)30-18-11-36-12-20(18)33)14-8-27-22-13(14)3-2-5-31(22)19-4-6-35-10-16(19)25/h2-3,5,7-9,16,18-20,26,33H,4,6,10-12H2,1H3,(H,30,34)/t16-,18+,19?,20-/m1/s1. The van der Waals surface area contributed by atoms with Gasteiger partial charge in [-0.2, -0.15) is 9.61 Å². The van der Waals surface area contributed by atoms with E-state index >= 15 is 0 Å². The Labute approximate surface area is 205 Å². The van der Waals surface area contributed by atoms with Crippen molar-refractivity contribution < 1.29 is 23.8 Å². The Morgan fingerprint density at radius 3 is 2.89 bits per heavy atom. The topological polar surface area (TPSA) is 128 Å². The predicted octanol–water partition coefficient (Wildman–Crippen LogP) is 1.53. The van der Waals surface area contributed by atoms with Crippen LogP contribution in [0.5, 0.6) is 0 Å². The van der Waals surface area contributed by atoms with Crippen molar-refractivity contribution >= 4 is 17.4 Å². The molecular weight excluding hydrogens is 469 g/mol. The highest BCUT2D eigenvalue weighted by atomic mass is 19.1. The Morgan fingerprint density at radius 1 is 1.22 bits per heavy atom. The van der Waals surface area contributed by atoms with Gasteiger partial charge in [0, 0.05) is 43.2 Å². The van der Waals surface area contributed by atoms with Crippen molar-refractivity contribution in [2.45, 2.75) is 30.8 Å². The SMILES string of the molecule is CNc1cc(-c2cnc3n(C4CCOC[C@H]4F)cccc2-3)nc2c(C(=O)N[C@H]3COC[C@H]3O)cnn12. The molecule has 11 nitrogen and oxygen atoms in total. The van der Waals surface area contributed by atoms with E-state index in [1.54, 1.807) is 17.8 Å². The minimum absolute atomic E-state index is 0.0709. The number of aliphatic hydroxyl groups excluding tert-OH is 1. The normalized spacial score (nSPS) is 24.4. The van der Waals surface area contributed by atoms with Crippen LogP contribution in [-0.2, 0) is 9.47 Å². The maximum atomic E-state index is 14.7. The van der Waals surface area contributed by atoms with Crippen molar-refractivity contribution in [2.24, 2.45) is 0 Å². The average Bonchev–Trinajstić information content (AvgIpc) is 3.62. The average molecular weight is 496 g/mol. The maximum Gasteiger partial charge on any atom is 0.257 e. The number of alkyl halides is 1. The monoisotopic (exact) mass is 495 g/mol. The quantitative estimate of drug-likeness (QED) is 0.380. The minimum Gasteiger partial charge on any atom is -0.388 e. The summed E-state index contributed by atoms with van der Waals surface area (Å²) in [5.74, 6) is 0.893. The molecule has 0 aliphatic carbocycles. The Balaban J connectivity index is 1.39. The third-order valence-electron chi connectivity index (χ3n) is 6.83. The second-order valence-electron chi connectivity index (χ2n) is 9.03. The summed E-state index contributed by atoms with van der Waals surface area (Å²) in [5, 5.41) is 20.2. The molecule has 1 amide bonds. The summed E-state index contributed by atoms with van der Waals surface area (Å²) in [4.78, 5) is 22.4. The van der Waals surface area contributed by atoms with E-state index in [0.717, 1.165) is 11.1 Å². The fourth-order valence-corrected chi connectivity index (χ4v) is 4.90. The first-order valence-corrected chi connectivity index (χ1v) is 11.9. The highest BCUT2D eigenvalue weighted by molar-refractivity contribution is 6.00. The zero-order chi connectivity index (χ0) is 24.8. The summed E-state index contributed by atoms with van der Waals surface area (Å²) in [6.45, 7) is 0.994. The number of carbonyl (C=O) groups excluding carboxylic acids is 1. The highest BCUT2D eigenvalue weighted by Crippen LogP contribution is 2.37. The summed E-state index contributed by atoms with van der Waals surface area (Å²) in [6, 6.07) is 4.78. The van der Waals surface area contributed by atoms with E-state index in [0.29, 0.717) is 36.0 Å². The Hall–Kier alpha value is -3.61. The Bertz CT molecular complexity index is 1390. The van der Waals surface area contributed by atoms with Gasteiger partial charge in [0.1, 0.15) is 23.4 Å². The zero-order valence-electron chi connectivity index (χ0n) is 19.6. The van der Waals surface area contributed by atoms with Crippen molar-refractivity contribution in [3.63, 3.8) is 0 Å². The molecular formula is C24H26FN7O4. The number of aromatic nitrogens is 5. The number of rotatable bonds is 5. The second-order valence-corrected chi connectivity index (χ2v) is 9.03. The number of halogens is 1. The van der Waals surface area contributed by atoms with Gasteiger partial charge in [-0.3, -0.25) is 4.79 Å². The number of aliphatic hydroxyl groups is 1. The number of anilines is 1. The molecule has 4 aliphatic heterocycles. The summed E-state index contributed by atoms with van der Waals surface area (Å²) in [6.07, 6.45) is 3.70. The molecule has 2 saturated heterocycles. The van der Waals surface area contributed by atoms with Crippen LogP contribution < -0.4 is 10.6 Å². The molecule has 12 heteroatoms. The largest absolute Gasteiger partial charge is 0.388 e. The van der Waals surface area contributed by atoms with Gasteiger partial charge in [-0.25, -0.2) is 14.4 Å². The van der Waals surface area contributed by atoms with Gasteiger partial charge in [0.15, 0.2) is 5.65 Å². The molecule has 2 fully saturated rings. The molecule has 6 rings (SSSR count). The van der Waals surface area contributed by atoms with Crippen LogP contribution in [0.1, 0.15) is 22.8 Å². The van der Waals surface area contributed by atoms with Crippen LogP contribution in [-0.4, -0.2) is 87.0 Å². The lowest BCUT2D eigenvalue weighted by molar-refractivity contribution is 0.00346. The summed E-state index contributed by atoms with van der Waals surface area (Å²) in [7, 11) is 1.76. The number of nitrogens with one attached hydrogen (secondary N) is 2. The number of pyridine rings is 1. The molecule has 0 aromatic carbocycles. The van der Waals surface area contributed by atoms with Crippen LogP contribution in [0, 0.1) is 0 Å². The van der Waals surface area contributed by atoms with Gasteiger partial charge in [0.05, 0.1) is 49.9 Å². The molecule has 4 aliphatic rings. The van der Waals surface area contributed by atoms with Crippen LogP contribution in [0.2, 0.25) is 0 Å². The van der Waals surface area contributed by atoms with Crippen LogP contribution in [0.25, 0.3) is 28.3 Å². The van der Waals surface area contributed by atoms with Gasteiger partial charge >= 0.3 is 0 Å². The summed E-state index contributed by atoms with van der Waals surface area (Å²) >= 11 is 0. The van der Waals surface area contributed by atoms with Crippen LogP contribution >= 0.6 is 0 Å². The molecule has 0 saturated carbocycles. The molecule has 0 radical (unpaired) electrons. The van der Waals surface area contributed by atoms with E-state index in [2.05, 4.69) is 20.7 Å². The van der Waals surface area contributed by atoms with Gasteiger partial charge in [-0.1, -0.05) is 0 Å². The zero-order valence-corrected chi connectivity index (χ0v) is 19.6. The Morgan fingerprint density at radius 2 is 2.11 bits per heavy atom. The van der Waals surface area contributed by atoms with Gasteiger partial charge < -0.3 is 29.8 Å². The first-order chi connectivity index (χ1) is 17.5. The van der Waals surface area contributed by atoms with Crippen LogP contribution in [0.3, 0.4) is 0 Å². The number of hydrogen-bond acceptors (Lipinski definition) is 8. The number of amides is 1. The van der Waals surface area contributed by atoms with Gasteiger partial charge in [-0.05, 0) is 18.6 Å². The predicted molar refractivity (Wildman–Crippen MR) is 128 cm³/mol. The molecule has 3 N–H and O–H groups in total. The lowest BCUT2D eigenvalue weighted by atomic mass is 10.0. The fourth-order valence-electron chi connectivity index (χ4n) is 4.90. The lowest BCUT2D eigenvalue weighted by Gasteiger charge is -2.29. The number of hydrogen-bond donors (Lipinski definition) is 3. The van der Waals surface area contributed by atoms with Crippen molar-refractivity contribution in [3.05, 3.63) is 42.4 Å². The second kappa shape index (κ2) is 9.12. The molecule has 36 heavy (non-hydrogen) atoms. The Kier molecular flexibility index (Phi) is 5.78. The van der Waals surface area contributed by atoms with Gasteiger partial charge in [0.25, 0.3) is 5.91 Å². The fraction of sp³-hybridized carbons (Fsp3) is 0.417. The van der Waals surface area contributed by atoms with Crippen molar-refractivity contribution in [3.8, 4) is 22.6 Å². The molecule has 0 spiro atoms. The maximum absolute atomic E-state index is 14.7. The van der Waals surface area contributed by atoms with Crippen LogP contribution in [0.15, 0.2) is 36.8 Å². The number of ether oxygens (including phenoxy) is 2. The molecule has 188 valence electrons. The minimum atomic E-state index is -1.11. The number of fused-ring (bicyclic) bond motifs is 2. The molecule has 2 aromatic heterocycles. The van der Waals surface area contributed by atoms with E-state index in [1.165, 1.54) is 6.20 Å². The molecule has 0 bridgehead atoms. The van der Waals surface area contributed by atoms with Crippen molar-refractivity contribution in [1.82, 2.24) is 29.5 Å². The highest BCUT2D eigenvalue weighted by Gasteiger charge is 2.31. The molecule has 1 unspecified atom stereocenters. The van der Waals surface area contributed by atoms with E-state index < -0.39 is 24.2 Å². The molecule has 4 atom stereocenters. The third kappa shape index (κ3) is 3.77. The van der Waals surface area contributed by atoms with E-state index in [1.807, 2.05) is 29.0 Å². The van der Waals surface area contributed by atoms with E-state index in [4.69, 9.17) is 14.5 Å². The first kappa shape index (κ1) is 22.8. The molecule has 6 heterocycles. The summed E-state index contributed by atoms with van der Waals surface area (Å²) < 4.78 is 28.6. The first-order valence-electron chi connectivity index (χ1n) is 11.9.